The van der Waals surface area contributed by atoms with Crippen molar-refractivity contribution in [2.45, 2.75) is 13.1 Å². The summed E-state index contributed by atoms with van der Waals surface area (Å²) in [5.41, 5.74) is 2.29. The Balaban J connectivity index is 1.63. The fourth-order valence-corrected chi connectivity index (χ4v) is 1.97. The molecule has 2 aromatic heterocycles. The highest BCUT2D eigenvalue weighted by Crippen LogP contribution is 2.09. The van der Waals surface area contributed by atoms with Crippen molar-refractivity contribution in [2.24, 2.45) is 0 Å². The van der Waals surface area contributed by atoms with Crippen molar-refractivity contribution >= 4 is 0 Å². The monoisotopic (exact) mass is 253 g/mol. The van der Waals surface area contributed by atoms with E-state index in [1.54, 1.807) is 12.5 Å². The number of hydrogen-bond acceptors (Lipinski definition) is 3. The third kappa shape index (κ3) is 2.92. The van der Waals surface area contributed by atoms with Crippen molar-refractivity contribution in [2.75, 3.05) is 0 Å². The Labute approximate surface area is 111 Å². The number of benzene rings is 1. The zero-order valence-electron chi connectivity index (χ0n) is 10.5. The summed E-state index contributed by atoms with van der Waals surface area (Å²) < 4.78 is 7.13. The van der Waals surface area contributed by atoms with Crippen LogP contribution in [-0.2, 0) is 13.1 Å². The third-order valence-corrected chi connectivity index (χ3v) is 2.89. The van der Waals surface area contributed by atoms with Crippen molar-refractivity contribution < 1.29 is 4.42 Å². The highest BCUT2D eigenvalue weighted by molar-refractivity contribution is 5.34. The quantitative estimate of drug-likeness (QED) is 0.760. The zero-order chi connectivity index (χ0) is 12.9. The van der Waals surface area contributed by atoms with Gasteiger partial charge >= 0.3 is 0 Å². The standard InChI is InChI=1S/C15H15N3O/c1-4-13(11-16-12-15-6-2-9-19-15)10-14(5-1)18-8-3-7-17-18/h1-10,16H,11-12H2. The molecule has 0 fully saturated rings. The summed E-state index contributed by atoms with van der Waals surface area (Å²) in [5, 5.41) is 7.58. The van der Waals surface area contributed by atoms with Gasteiger partial charge in [0.1, 0.15) is 5.76 Å². The van der Waals surface area contributed by atoms with Crippen LogP contribution in [0, 0.1) is 0 Å². The lowest BCUT2D eigenvalue weighted by atomic mass is 10.2. The van der Waals surface area contributed by atoms with Gasteiger partial charge in [0.15, 0.2) is 0 Å². The molecule has 19 heavy (non-hydrogen) atoms. The number of nitrogens with one attached hydrogen (secondary N) is 1. The fourth-order valence-electron chi connectivity index (χ4n) is 1.97. The molecule has 4 heteroatoms. The Kier molecular flexibility index (Phi) is 3.42. The van der Waals surface area contributed by atoms with Gasteiger partial charge in [-0.3, -0.25) is 0 Å². The van der Waals surface area contributed by atoms with E-state index in [9.17, 15) is 0 Å². The molecule has 96 valence electrons. The predicted molar refractivity (Wildman–Crippen MR) is 72.8 cm³/mol. The van der Waals surface area contributed by atoms with Crippen molar-refractivity contribution in [1.29, 1.82) is 0 Å². The highest BCUT2D eigenvalue weighted by Gasteiger charge is 1.99. The molecule has 0 bridgehead atoms. The summed E-state index contributed by atoms with van der Waals surface area (Å²) in [6.45, 7) is 1.54. The zero-order valence-corrected chi connectivity index (χ0v) is 10.5. The molecule has 0 saturated heterocycles. The Morgan fingerprint density at radius 2 is 2.11 bits per heavy atom. The molecule has 0 saturated carbocycles. The minimum Gasteiger partial charge on any atom is -0.468 e. The average Bonchev–Trinajstić information content (AvgIpc) is 3.12. The van der Waals surface area contributed by atoms with Crippen LogP contribution in [0.2, 0.25) is 0 Å². The van der Waals surface area contributed by atoms with Gasteiger partial charge in [-0.25, -0.2) is 4.68 Å². The van der Waals surface area contributed by atoms with Crippen LogP contribution in [0.25, 0.3) is 5.69 Å². The average molecular weight is 253 g/mol. The smallest absolute Gasteiger partial charge is 0.117 e. The first kappa shape index (κ1) is 11.7. The summed E-state index contributed by atoms with van der Waals surface area (Å²) >= 11 is 0. The van der Waals surface area contributed by atoms with Crippen LogP contribution in [0.1, 0.15) is 11.3 Å². The lowest BCUT2D eigenvalue weighted by Crippen LogP contribution is -2.12. The molecule has 4 nitrogen and oxygen atoms in total. The summed E-state index contributed by atoms with van der Waals surface area (Å²) in [5.74, 6) is 0.947. The number of rotatable bonds is 5. The van der Waals surface area contributed by atoms with E-state index >= 15 is 0 Å². The molecular formula is C15H15N3O. The first-order chi connectivity index (χ1) is 9.42. The van der Waals surface area contributed by atoms with Crippen molar-refractivity contribution in [3.63, 3.8) is 0 Å². The van der Waals surface area contributed by atoms with Gasteiger partial charge in [-0.1, -0.05) is 12.1 Å². The maximum atomic E-state index is 5.28. The van der Waals surface area contributed by atoms with Gasteiger partial charge in [-0.15, -0.1) is 0 Å². The van der Waals surface area contributed by atoms with E-state index in [0.29, 0.717) is 0 Å². The predicted octanol–water partition coefficient (Wildman–Crippen LogP) is 2.76. The first-order valence-electron chi connectivity index (χ1n) is 6.24. The Hall–Kier alpha value is -2.33. The van der Waals surface area contributed by atoms with Crippen LogP contribution in [0.4, 0.5) is 0 Å². The summed E-state index contributed by atoms with van der Waals surface area (Å²) in [4.78, 5) is 0. The van der Waals surface area contributed by atoms with E-state index in [1.165, 1.54) is 5.56 Å². The second-order valence-corrected chi connectivity index (χ2v) is 4.30. The van der Waals surface area contributed by atoms with Gasteiger partial charge in [-0.2, -0.15) is 5.10 Å². The van der Waals surface area contributed by atoms with Crippen LogP contribution >= 0.6 is 0 Å². The maximum absolute atomic E-state index is 5.28. The van der Waals surface area contributed by atoms with Gasteiger partial charge in [0.05, 0.1) is 18.5 Å². The first-order valence-corrected chi connectivity index (χ1v) is 6.24. The van der Waals surface area contributed by atoms with Gasteiger partial charge in [0, 0.05) is 18.9 Å². The molecule has 0 amide bonds. The second-order valence-electron chi connectivity index (χ2n) is 4.30. The molecule has 0 unspecified atom stereocenters. The molecule has 0 aliphatic rings. The van der Waals surface area contributed by atoms with Crippen LogP contribution < -0.4 is 5.32 Å². The van der Waals surface area contributed by atoms with Crippen LogP contribution in [0.3, 0.4) is 0 Å². The summed E-state index contributed by atoms with van der Waals surface area (Å²) in [6.07, 6.45) is 5.41. The van der Waals surface area contributed by atoms with Gasteiger partial charge < -0.3 is 9.73 Å². The van der Waals surface area contributed by atoms with Crippen molar-refractivity contribution in [1.82, 2.24) is 15.1 Å². The molecule has 3 rings (SSSR count). The highest BCUT2D eigenvalue weighted by atomic mass is 16.3. The minimum absolute atomic E-state index is 0.735. The van der Waals surface area contributed by atoms with Gasteiger partial charge in [-0.05, 0) is 35.9 Å². The molecule has 1 aromatic carbocycles. The molecular weight excluding hydrogens is 238 g/mol. The number of aromatic nitrogens is 2. The lowest BCUT2D eigenvalue weighted by molar-refractivity contribution is 0.483. The Bertz CT molecular complexity index is 615. The van der Waals surface area contributed by atoms with E-state index in [1.807, 2.05) is 41.2 Å². The molecule has 2 heterocycles. The lowest BCUT2D eigenvalue weighted by Gasteiger charge is -2.06. The molecule has 0 aliphatic heterocycles. The molecule has 3 aromatic rings. The second kappa shape index (κ2) is 5.54. The van der Waals surface area contributed by atoms with Crippen molar-refractivity contribution in [3.05, 3.63) is 72.4 Å². The summed E-state index contributed by atoms with van der Waals surface area (Å²) in [6, 6.07) is 14.1. The number of nitrogens with zero attached hydrogens (tertiary/aromatic N) is 2. The molecule has 1 N–H and O–H groups in total. The SMILES string of the molecule is c1cc(CNCc2ccco2)cc(-n2cccn2)c1. The summed E-state index contributed by atoms with van der Waals surface area (Å²) in [7, 11) is 0. The molecule has 0 radical (unpaired) electrons. The van der Waals surface area contributed by atoms with Crippen molar-refractivity contribution in [3.8, 4) is 5.69 Å². The minimum atomic E-state index is 0.735. The van der Waals surface area contributed by atoms with E-state index in [-0.39, 0.29) is 0 Å². The molecule has 0 atom stereocenters. The van der Waals surface area contributed by atoms with E-state index < -0.39 is 0 Å². The largest absolute Gasteiger partial charge is 0.468 e. The maximum Gasteiger partial charge on any atom is 0.117 e. The Morgan fingerprint density at radius 1 is 1.11 bits per heavy atom. The number of hydrogen-bond donors (Lipinski definition) is 1. The van der Waals surface area contributed by atoms with E-state index in [0.717, 1.165) is 24.5 Å². The van der Waals surface area contributed by atoms with Crippen LogP contribution in [-0.4, -0.2) is 9.78 Å². The van der Waals surface area contributed by atoms with E-state index in [2.05, 4.69) is 22.5 Å². The molecule has 0 aliphatic carbocycles. The van der Waals surface area contributed by atoms with Gasteiger partial charge in [0.25, 0.3) is 0 Å². The van der Waals surface area contributed by atoms with E-state index in [4.69, 9.17) is 4.42 Å². The van der Waals surface area contributed by atoms with Crippen LogP contribution in [0.5, 0.6) is 0 Å². The normalized spacial score (nSPS) is 10.7. The molecule has 0 spiro atoms. The fraction of sp³-hybridized carbons (Fsp3) is 0.133. The Morgan fingerprint density at radius 3 is 2.89 bits per heavy atom. The van der Waals surface area contributed by atoms with Crippen LogP contribution in [0.15, 0.2) is 65.5 Å². The topological polar surface area (TPSA) is 43.0 Å². The van der Waals surface area contributed by atoms with Gasteiger partial charge in [0.2, 0.25) is 0 Å². The third-order valence-electron chi connectivity index (χ3n) is 2.89. The number of furan rings is 1.